The first-order chi connectivity index (χ1) is 19.3. The lowest BCUT2D eigenvalue weighted by molar-refractivity contribution is 0.102. The van der Waals surface area contributed by atoms with Gasteiger partial charge in [0, 0.05) is 30.9 Å². The molecule has 2 N–H and O–H groups in total. The van der Waals surface area contributed by atoms with Gasteiger partial charge in [-0.1, -0.05) is 38.1 Å². The van der Waals surface area contributed by atoms with Crippen LogP contribution in [0.3, 0.4) is 0 Å². The minimum atomic E-state index is 0.257. The monoisotopic (exact) mass is 542 g/mol. The number of anilines is 1. The Kier molecular flexibility index (Phi) is 8.90. The lowest BCUT2D eigenvalue weighted by Crippen LogP contribution is -2.41. The van der Waals surface area contributed by atoms with Gasteiger partial charge in [-0.2, -0.15) is 0 Å². The maximum Gasteiger partial charge on any atom is 0.120 e. The van der Waals surface area contributed by atoms with Crippen molar-refractivity contribution < 1.29 is 14.6 Å². The van der Waals surface area contributed by atoms with Crippen LogP contribution in [-0.4, -0.2) is 49.4 Å². The van der Waals surface area contributed by atoms with Gasteiger partial charge in [0.1, 0.15) is 23.9 Å². The van der Waals surface area contributed by atoms with Gasteiger partial charge in [-0.05, 0) is 116 Å². The summed E-state index contributed by atoms with van der Waals surface area (Å²) in [6.45, 7) is 11.0. The Balaban J connectivity index is 1.17. The zero-order chi connectivity index (χ0) is 28.1. The molecule has 1 aliphatic heterocycles. The van der Waals surface area contributed by atoms with Crippen molar-refractivity contribution in [2.75, 3.05) is 38.7 Å². The topological polar surface area (TPSA) is 54.0 Å². The van der Waals surface area contributed by atoms with E-state index < -0.39 is 0 Å². The molecule has 3 aromatic carbocycles. The number of ether oxygens (including phenoxy) is 2. The second kappa shape index (κ2) is 12.6. The summed E-state index contributed by atoms with van der Waals surface area (Å²) in [7, 11) is 1.72. The summed E-state index contributed by atoms with van der Waals surface area (Å²) in [4.78, 5) is 2.54. The number of phenols is 1. The Bertz CT molecular complexity index is 1270. The lowest BCUT2D eigenvalue weighted by Gasteiger charge is -2.37. The first-order valence-electron chi connectivity index (χ1n) is 15.0. The predicted octanol–water partition coefficient (Wildman–Crippen LogP) is 7.22. The molecule has 1 aliphatic carbocycles. The maximum absolute atomic E-state index is 9.88. The third-order valence-corrected chi connectivity index (χ3v) is 8.64. The van der Waals surface area contributed by atoms with Crippen LogP contribution in [0.25, 0.3) is 0 Å². The highest BCUT2D eigenvalue weighted by Gasteiger charge is 2.26. The van der Waals surface area contributed by atoms with Crippen molar-refractivity contribution in [1.29, 1.82) is 0 Å². The summed E-state index contributed by atoms with van der Waals surface area (Å²) < 4.78 is 11.7. The molecule has 0 amide bonds. The van der Waals surface area contributed by atoms with Crippen molar-refractivity contribution in [3.8, 4) is 17.2 Å². The van der Waals surface area contributed by atoms with Crippen LogP contribution in [-0.2, 0) is 19.3 Å². The molecule has 3 aromatic rings. The average molecular weight is 543 g/mol. The van der Waals surface area contributed by atoms with Crippen LogP contribution in [0, 0.1) is 5.41 Å². The predicted molar refractivity (Wildman–Crippen MR) is 164 cm³/mol. The number of fused-ring (bicyclic) bond motifs is 1. The summed E-state index contributed by atoms with van der Waals surface area (Å²) in [5.74, 6) is 2.61. The molecule has 40 heavy (non-hydrogen) atoms. The van der Waals surface area contributed by atoms with E-state index in [-0.39, 0.29) is 6.04 Å². The number of hydrogen-bond donors (Lipinski definition) is 2. The fourth-order valence-electron chi connectivity index (χ4n) is 6.57. The summed E-state index contributed by atoms with van der Waals surface area (Å²) >= 11 is 0. The fourth-order valence-corrected chi connectivity index (χ4v) is 6.57. The van der Waals surface area contributed by atoms with E-state index in [2.05, 4.69) is 79.5 Å². The molecule has 1 heterocycles. The number of piperidine rings is 1. The van der Waals surface area contributed by atoms with E-state index in [0.717, 1.165) is 62.6 Å². The van der Waals surface area contributed by atoms with Gasteiger partial charge in [-0.15, -0.1) is 0 Å². The van der Waals surface area contributed by atoms with E-state index >= 15 is 0 Å². The zero-order valence-corrected chi connectivity index (χ0v) is 24.7. The minimum Gasteiger partial charge on any atom is -0.508 e. The van der Waals surface area contributed by atoms with Crippen LogP contribution in [0.15, 0.2) is 60.7 Å². The van der Waals surface area contributed by atoms with Crippen molar-refractivity contribution in [3.05, 3.63) is 82.9 Å². The van der Waals surface area contributed by atoms with E-state index in [0.29, 0.717) is 17.1 Å². The van der Waals surface area contributed by atoms with Crippen LogP contribution >= 0.6 is 0 Å². The molecular weight excluding hydrogens is 496 g/mol. The van der Waals surface area contributed by atoms with Gasteiger partial charge in [0.25, 0.3) is 0 Å². The van der Waals surface area contributed by atoms with Crippen molar-refractivity contribution in [2.24, 2.45) is 5.41 Å². The molecular formula is C35H46N2O3. The Morgan fingerprint density at radius 1 is 1.02 bits per heavy atom. The summed E-state index contributed by atoms with van der Waals surface area (Å²) in [6, 6.07) is 21.1. The number of benzene rings is 3. The molecule has 0 bridgehead atoms. The van der Waals surface area contributed by atoms with E-state index in [1.807, 2.05) is 12.1 Å². The standard InChI is InChI=1S/C35H46N2O3/c1-25(20-26-6-12-31(13-7-26)40-19-18-37-17-5-16-35(2,3)24-37)36-34-23-32(39-4)14-15-33(34)29-9-8-28-22-30(38)11-10-27(28)21-29/h6-7,10-15,22-23,25,29,36,38H,5,8-9,16-21,24H2,1-4H3. The largest absolute Gasteiger partial charge is 0.508 e. The third kappa shape index (κ3) is 7.31. The summed E-state index contributed by atoms with van der Waals surface area (Å²) in [5.41, 5.74) is 6.82. The van der Waals surface area contributed by atoms with E-state index in [4.69, 9.17) is 9.47 Å². The summed E-state index contributed by atoms with van der Waals surface area (Å²) in [5, 5.41) is 13.7. The van der Waals surface area contributed by atoms with Gasteiger partial charge < -0.3 is 19.9 Å². The minimum absolute atomic E-state index is 0.257. The molecule has 2 unspecified atom stereocenters. The molecule has 5 nitrogen and oxygen atoms in total. The number of hydrogen-bond acceptors (Lipinski definition) is 5. The number of nitrogens with zero attached hydrogens (tertiary/aromatic N) is 1. The molecule has 214 valence electrons. The molecule has 1 fully saturated rings. The first-order valence-corrected chi connectivity index (χ1v) is 15.0. The highest BCUT2D eigenvalue weighted by atomic mass is 16.5. The molecule has 2 atom stereocenters. The number of methoxy groups -OCH3 is 1. The normalized spacial score (nSPS) is 19.4. The van der Waals surface area contributed by atoms with Crippen molar-refractivity contribution >= 4 is 5.69 Å². The van der Waals surface area contributed by atoms with E-state index in [1.54, 1.807) is 7.11 Å². The molecule has 0 spiro atoms. The van der Waals surface area contributed by atoms with E-state index in [1.165, 1.54) is 41.6 Å². The smallest absolute Gasteiger partial charge is 0.120 e. The molecule has 1 saturated heterocycles. The Morgan fingerprint density at radius 2 is 1.82 bits per heavy atom. The molecule has 2 aliphatic rings. The van der Waals surface area contributed by atoms with Gasteiger partial charge >= 0.3 is 0 Å². The molecule has 0 radical (unpaired) electrons. The van der Waals surface area contributed by atoms with Gasteiger partial charge in [0.05, 0.1) is 7.11 Å². The quantitative estimate of drug-likeness (QED) is 0.283. The lowest BCUT2D eigenvalue weighted by atomic mass is 9.79. The number of nitrogens with one attached hydrogen (secondary N) is 1. The Morgan fingerprint density at radius 3 is 2.60 bits per heavy atom. The average Bonchev–Trinajstić information content (AvgIpc) is 2.93. The SMILES string of the molecule is COc1ccc(C2CCc3cc(O)ccc3C2)c(NC(C)Cc2ccc(OCCN3CCCC(C)(C)C3)cc2)c1. The van der Waals surface area contributed by atoms with Crippen LogP contribution in [0.5, 0.6) is 17.2 Å². The number of phenolic OH excluding ortho intramolecular Hbond substituents is 1. The van der Waals surface area contributed by atoms with Crippen molar-refractivity contribution in [2.45, 2.75) is 71.3 Å². The van der Waals surface area contributed by atoms with Crippen LogP contribution in [0.2, 0.25) is 0 Å². The molecule has 5 heteroatoms. The number of aryl methyl sites for hydroxylation is 1. The van der Waals surface area contributed by atoms with Crippen LogP contribution in [0.4, 0.5) is 5.69 Å². The number of aromatic hydroxyl groups is 1. The Hall–Kier alpha value is -3.18. The second-order valence-electron chi connectivity index (χ2n) is 12.6. The van der Waals surface area contributed by atoms with Crippen molar-refractivity contribution in [1.82, 2.24) is 4.90 Å². The highest BCUT2D eigenvalue weighted by molar-refractivity contribution is 5.58. The van der Waals surface area contributed by atoms with Crippen molar-refractivity contribution in [3.63, 3.8) is 0 Å². The zero-order valence-electron chi connectivity index (χ0n) is 24.7. The van der Waals surface area contributed by atoms with Gasteiger partial charge in [0.15, 0.2) is 0 Å². The molecule has 0 saturated carbocycles. The fraction of sp³-hybridized carbons (Fsp3) is 0.486. The second-order valence-corrected chi connectivity index (χ2v) is 12.6. The van der Waals surface area contributed by atoms with E-state index in [9.17, 15) is 5.11 Å². The molecule has 0 aromatic heterocycles. The van der Waals surface area contributed by atoms with Gasteiger partial charge in [-0.25, -0.2) is 0 Å². The third-order valence-electron chi connectivity index (χ3n) is 8.64. The van der Waals surface area contributed by atoms with Crippen LogP contribution < -0.4 is 14.8 Å². The highest BCUT2D eigenvalue weighted by Crippen LogP contribution is 2.39. The summed E-state index contributed by atoms with van der Waals surface area (Å²) in [6.07, 6.45) is 6.57. The van der Waals surface area contributed by atoms with Gasteiger partial charge in [0.2, 0.25) is 0 Å². The maximum atomic E-state index is 9.88. The van der Waals surface area contributed by atoms with Crippen LogP contribution in [0.1, 0.15) is 68.2 Å². The van der Waals surface area contributed by atoms with Gasteiger partial charge in [-0.3, -0.25) is 4.90 Å². The number of likely N-dealkylation sites (tertiary alicyclic amines) is 1. The molecule has 5 rings (SSSR count). The Labute approximate surface area is 240 Å². The number of rotatable bonds is 10. The first kappa shape index (κ1) is 28.4.